The first kappa shape index (κ1) is 11.6. The van der Waals surface area contributed by atoms with Crippen LogP contribution in [0.15, 0.2) is 18.2 Å². The van der Waals surface area contributed by atoms with E-state index in [0.29, 0.717) is 5.56 Å². The Hall–Kier alpha value is -1.49. The lowest BCUT2D eigenvalue weighted by Gasteiger charge is -2.02. The van der Waals surface area contributed by atoms with E-state index in [1.165, 1.54) is 6.07 Å². The van der Waals surface area contributed by atoms with E-state index in [1.54, 1.807) is 0 Å². The molecule has 0 unspecified atom stereocenters. The van der Waals surface area contributed by atoms with Gasteiger partial charge in [-0.15, -0.1) is 0 Å². The van der Waals surface area contributed by atoms with Gasteiger partial charge in [0.1, 0.15) is 0 Å². The molecule has 0 aliphatic heterocycles. The van der Waals surface area contributed by atoms with Crippen LogP contribution in [0.4, 0.5) is 8.78 Å². The van der Waals surface area contributed by atoms with Gasteiger partial charge in [0, 0.05) is 6.54 Å². The van der Waals surface area contributed by atoms with Crippen molar-refractivity contribution in [2.24, 2.45) is 0 Å². The molecule has 1 rings (SSSR count). The third-order valence-electron chi connectivity index (χ3n) is 1.62. The standard InChI is InChI=1S/C9H6ClF2NO2/c10-8(14)9(15)13-4-5-1-2-6(11)7(12)3-5/h1-3H,4H2,(H,13,15). The summed E-state index contributed by atoms with van der Waals surface area (Å²) >= 11 is 4.87. The third-order valence-corrected chi connectivity index (χ3v) is 1.79. The molecule has 0 fully saturated rings. The van der Waals surface area contributed by atoms with Crippen LogP contribution in [-0.4, -0.2) is 11.1 Å². The second kappa shape index (κ2) is 4.84. The lowest BCUT2D eigenvalue weighted by atomic mass is 10.2. The lowest BCUT2D eigenvalue weighted by Crippen LogP contribution is -2.27. The molecule has 0 saturated heterocycles. The number of amides is 1. The van der Waals surface area contributed by atoms with E-state index in [2.05, 4.69) is 5.32 Å². The van der Waals surface area contributed by atoms with E-state index in [9.17, 15) is 18.4 Å². The van der Waals surface area contributed by atoms with E-state index < -0.39 is 22.8 Å². The van der Waals surface area contributed by atoms with Gasteiger partial charge in [-0.2, -0.15) is 0 Å². The number of benzene rings is 1. The molecule has 1 amide bonds. The molecule has 0 bridgehead atoms. The van der Waals surface area contributed by atoms with Crippen LogP contribution in [-0.2, 0) is 16.1 Å². The Kier molecular flexibility index (Phi) is 3.74. The Bertz CT molecular complexity index is 409. The summed E-state index contributed by atoms with van der Waals surface area (Å²) in [5.41, 5.74) is 0.333. The third kappa shape index (κ3) is 3.28. The molecular formula is C9H6ClF2NO2. The first-order valence-electron chi connectivity index (χ1n) is 3.92. The van der Waals surface area contributed by atoms with Crippen molar-refractivity contribution in [2.45, 2.75) is 6.54 Å². The van der Waals surface area contributed by atoms with Crippen molar-refractivity contribution in [1.29, 1.82) is 0 Å². The molecule has 0 saturated carbocycles. The van der Waals surface area contributed by atoms with Crippen molar-refractivity contribution in [1.82, 2.24) is 5.32 Å². The molecule has 1 aromatic carbocycles. The summed E-state index contributed by atoms with van der Waals surface area (Å²) in [5, 5.41) is 0.981. The zero-order valence-corrected chi connectivity index (χ0v) is 8.15. The fourth-order valence-electron chi connectivity index (χ4n) is 0.901. The van der Waals surface area contributed by atoms with Crippen molar-refractivity contribution >= 4 is 22.8 Å². The summed E-state index contributed by atoms with van der Waals surface area (Å²) in [6.45, 7) is -0.0888. The number of carbonyl (C=O) groups excluding carboxylic acids is 2. The Balaban J connectivity index is 2.62. The van der Waals surface area contributed by atoms with Crippen molar-refractivity contribution in [3.63, 3.8) is 0 Å². The van der Waals surface area contributed by atoms with Gasteiger partial charge in [0.05, 0.1) is 0 Å². The summed E-state index contributed by atoms with van der Waals surface area (Å²) in [4.78, 5) is 21.0. The summed E-state index contributed by atoms with van der Waals surface area (Å²) < 4.78 is 25.2. The van der Waals surface area contributed by atoms with Crippen LogP contribution >= 0.6 is 11.6 Å². The molecule has 0 spiro atoms. The maximum atomic E-state index is 12.7. The highest BCUT2D eigenvalue weighted by atomic mass is 35.5. The average Bonchev–Trinajstić information content (AvgIpc) is 2.19. The average molecular weight is 234 g/mol. The summed E-state index contributed by atoms with van der Waals surface area (Å²) in [7, 11) is 0. The molecular weight excluding hydrogens is 228 g/mol. The minimum absolute atomic E-state index is 0.0888. The van der Waals surface area contributed by atoms with Crippen LogP contribution in [0.25, 0.3) is 0 Å². The van der Waals surface area contributed by atoms with Gasteiger partial charge in [-0.05, 0) is 29.3 Å². The first-order valence-corrected chi connectivity index (χ1v) is 4.30. The SMILES string of the molecule is O=C(Cl)C(=O)NCc1ccc(F)c(F)c1. The van der Waals surface area contributed by atoms with Gasteiger partial charge in [0.2, 0.25) is 0 Å². The number of halogens is 3. The van der Waals surface area contributed by atoms with Crippen molar-refractivity contribution in [2.75, 3.05) is 0 Å². The van der Waals surface area contributed by atoms with Gasteiger partial charge in [-0.1, -0.05) is 6.07 Å². The van der Waals surface area contributed by atoms with Crippen LogP contribution in [0.5, 0.6) is 0 Å². The first-order chi connectivity index (χ1) is 7.00. The largest absolute Gasteiger partial charge is 0.344 e. The topological polar surface area (TPSA) is 46.2 Å². The van der Waals surface area contributed by atoms with E-state index in [-0.39, 0.29) is 6.54 Å². The van der Waals surface area contributed by atoms with Gasteiger partial charge < -0.3 is 5.32 Å². The number of rotatable bonds is 3. The Labute approximate surface area is 89.0 Å². The predicted molar refractivity (Wildman–Crippen MR) is 49.1 cm³/mol. The van der Waals surface area contributed by atoms with E-state index >= 15 is 0 Å². The molecule has 1 aromatic rings. The molecule has 0 heterocycles. The zero-order valence-electron chi connectivity index (χ0n) is 7.39. The highest BCUT2D eigenvalue weighted by Crippen LogP contribution is 2.08. The quantitative estimate of drug-likeness (QED) is 0.633. The van der Waals surface area contributed by atoms with Gasteiger partial charge in [-0.25, -0.2) is 8.78 Å². The van der Waals surface area contributed by atoms with Gasteiger partial charge in [-0.3, -0.25) is 9.59 Å². The fourth-order valence-corrected chi connectivity index (χ4v) is 0.968. The Morgan fingerprint density at radius 3 is 2.47 bits per heavy atom. The van der Waals surface area contributed by atoms with Crippen LogP contribution in [0.1, 0.15) is 5.56 Å². The highest BCUT2D eigenvalue weighted by molar-refractivity contribution is 6.80. The van der Waals surface area contributed by atoms with Crippen molar-refractivity contribution < 1.29 is 18.4 Å². The number of hydrogen-bond acceptors (Lipinski definition) is 2. The molecule has 0 aliphatic carbocycles. The normalized spacial score (nSPS) is 9.80. The van der Waals surface area contributed by atoms with E-state index in [0.717, 1.165) is 12.1 Å². The number of nitrogens with one attached hydrogen (secondary N) is 1. The molecule has 6 heteroatoms. The molecule has 0 aliphatic rings. The smallest absolute Gasteiger partial charge is 0.309 e. The predicted octanol–water partition coefficient (Wildman–Crippen LogP) is 1.35. The van der Waals surface area contributed by atoms with Crippen LogP contribution < -0.4 is 5.32 Å². The molecule has 80 valence electrons. The fraction of sp³-hybridized carbons (Fsp3) is 0.111. The lowest BCUT2D eigenvalue weighted by molar-refractivity contribution is -0.133. The monoisotopic (exact) mass is 233 g/mol. The maximum Gasteiger partial charge on any atom is 0.309 e. The summed E-state index contributed by atoms with van der Waals surface area (Å²) in [6.07, 6.45) is 0. The number of carbonyl (C=O) groups is 2. The molecule has 0 atom stereocenters. The minimum Gasteiger partial charge on any atom is -0.344 e. The number of hydrogen-bond donors (Lipinski definition) is 1. The summed E-state index contributed by atoms with van der Waals surface area (Å²) in [5.74, 6) is -2.97. The van der Waals surface area contributed by atoms with Crippen LogP contribution in [0, 0.1) is 11.6 Å². The van der Waals surface area contributed by atoms with Crippen molar-refractivity contribution in [3.8, 4) is 0 Å². The molecule has 15 heavy (non-hydrogen) atoms. The highest BCUT2D eigenvalue weighted by Gasteiger charge is 2.09. The van der Waals surface area contributed by atoms with Crippen LogP contribution in [0.2, 0.25) is 0 Å². The molecule has 0 aromatic heterocycles. The van der Waals surface area contributed by atoms with Gasteiger partial charge >= 0.3 is 11.1 Å². The molecule has 0 radical (unpaired) electrons. The minimum atomic E-state index is -1.16. The second-order valence-electron chi connectivity index (χ2n) is 2.70. The zero-order chi connectivity index (χ0) is 11.4. The van der Waals surface area contributed by atoms with Gasteiger partial charge in [0.25, 0.3) is 0 Å². The second-order valence-corrected chi connectivity index (χ2v) is 3.05. The molecule has 1 N–H and O–H groups in total. The summed E-state index contributed by atoms with van der Waals surface area (Å²) in [6, 6.07) is 3.14. The maximum absolute atomic E-state index is 12.7. The Morgan fingerprint density at radius 2 is 1.93 bits per heavy atom. The Morgan fingerprint density at radius 1 is 1.27 bits per heavy atom. The van der Waals surface area contributed by atoms with Crippen molar-refractivity contribution in [3.05, 3.63) is 35.4 Å². The van der Waals surface area contributed by atoms with E-state index in [1.807, 2.05) is 0 Å². The van der Waals surface area contributed by atoms with E-state index in [4.69, 9.17) is 11.6 Å². The van der Waals surface area contributed by atoms with Crippen LogP contribution in [0.3, 0.4) is 0 Å². The van der Waals surface area contributed by atoms with Gasteiger partial charge in [0.15, 0.2) is 11.6 Å². The molecule has 3 nitrogen and oxygen atoms in total.